The molecule has 2 heteroatoms. The third-order valence-electron chi connectivity index (χ3n) is 3.56. The Morgan fingerprint density at radius 2 is 1.93 bits per heavy atom. The van der Waals surface area contributed by atoms with Crippen LogP contribution in [0.4, 0.5) is 0 Å². The van der Waals surface area contributed by atoms with E-state index < -0.39 is 11.2 Å². The van der Waals surface area contributed by atoms with Crippen molar-refractivity contribution in [2.45, 2.75) is 51.7 Å². The molecule has 0 aromatic rings. The highest BCUT2D eigenvalue weighted by molar-refractivity contribution is 5.53. The fourth-order valence-electron chi connectivity index (χ4n) is 2.03. The van der Waals surface area contributed by atoms with Crippen molar-refractivity contribution in [1.29, 1.82) is 0 Å². The summed E-state index contributed by atoms with van der Waals surface area (Å²) in [4.78, 5) is 0. The molecule has 1 rings (SSSR count). The number of rotatable bonds is 2. The maximum Gasteiger partial charge on any atom is 0.179 e. The van der Waals surface area contributed by atoms with Crippen molar-refractivity contribution in [3.8, 4) is 11.8 Å². The molecule has 1 N–H and O–H groups in total. The predicted octanol–water partition coefficient (Wildman–Crippen LogP) is 2.28. The van der Waals surface area contributed by atoms with Gasteiger partial charge in [0.05, 0.1) is 0 Å². The molecule has 1 aliphatic rings. The fourth-order valence-corrected chi connectivity index (χ4v) is 2.03. The second-order valence-electron chi connectivity index (χ2n) is 4.25. The van der Waals surface area contributed by atoms with Gasteiger partial charge in [-0.1, -0.05) is 18.8 Å². The van der Waals surface area contributed by atoms with Crippen LogP contribution in [0.25, 0.3) is 0 Å². The molecule has 0 aromatic carbocycles. The van der Waals surface area contributed by atoms with Crippen LogP contribution in [0.1, 0.15) is 40.5 Å². The second kappa shape index (κ2) is 4.00. The lowest BCUT2D eigenvalue weighted by Crippen LogP contribution is -2.62. The van der Waals surface area contributed by atoms with Crippen LogP contribution in [0.5, 0.6) is 0 Å². The van der Waals surface area contributed by atoms with Crippen LogP contribution in [0.2, 0.25) is 0 Å². The Balaban J connectivity index is 3.02. The van der Waals surface area contributed by atoms with Gasteiger partial charge < -0.3 is 9.84 Å². The SMILES string of the molecule is CCCC#C[C@]1(O)C(C)=C(C)[C@@]1(C)OC. The molecule has 0 bridgehead atoms. The molecule has 0 saturated heterocycles. The van der Waals surface area contributed by atoms with Gasteiger partial charge in [-0.3, -0.25) is 0 Å². The quantitative estimate of drug-likeness (QED) is 0.557. The highest BCUT2D eigenvalue weighted by atomic mass is 16.5. The average molecular weight is 208 g/mol. The normalized spacial score (nSPS) is 34.5. The van der Waals surface area contributed by atoms with Gasteiger partial charge >= 0.3 is 0 Å². The molecule has 0 radical (unpaired) electrons. The van der Waals surface area contributed by atoms with Crippen LogP contribution in [-0.4, -0.2) is 23.4 Å². The number of hydrogen-bond acceptors (Lipinski definition) is 2. The summed E-state index contributed by atoms with van der Waals surface area (Å²) in [6, 6.07) is 0. The minimum atomic E-state index is -1.10. The molecule has 0 fully saturated rings. The van der Waals surface area contributed by atoms with E-state index in [0.29, 0.717) is 0 Å². The van der Waals surface area contributed by atoms with Gasteiger partial charge in [-0.2, -0.15) is 0 Å². The van der Waals surface area contributed by atoms with E-state index >= 15 is 0 Å². The van der Waals surface area contributed by atoms with E-state index in [2.05, 4.69) is 18.8 Å². The number of hydrogen-bond donors (Lipinski definition) is 1. The van der Waals surface area contributed by atoms with Crippen LogP contribution in [0.15, 0.2) is 11.1 Å². The van der Waals surface area contributed by atoms with Crippen molar-refractivity contribution in [1.82, 2.24) is 0 Å². The van der Waals surface area contributed by atoms with Gasteiger partial charge in [-0.05, 0) is 38.3 Å². The molecule has 0 saturated carbocycles. The standard InChI is InChI=1S/C13H20O2/c1-6-7-8-9-13(14)11(3)10(2)12(13,4)15-5/h14H,6-7H2,1-5H3/t12-,13+/m1/s1. The van der Waals surface area contributed by atoms with E-state index in [-0.39, 0.29) is 0 Å². The smallest absolute Gasteiger partial charge is 0.179 e. The van der Waals surface area contributed by atoms with Gasteiger partial charge in [-0.15, -0.1) is 0 Å². The highest BCUT2D eigenvalue weighted by Gasteiger charge is 2.58. The lowest BCUT2D eigenvalue weighted by Gasteiger charge is -2.51. The first-order valence-electron chi connectivity index (χ1n) is 5.40. The first-order chi connectivity index (χ1) is 6.94. The molecule has 84 valence electrons. The zero-order valence-electron chi connectivity index (χ0n) is 10.3. The number of aliphatic hydroxyl groups is 1. The topological polar surface area (TPSA) is 29.5 Å². The summed E-state index contributed by atoms with van der Waals surface area (Å²) in [5.41, 5.74) is 0.271. The zero-order valence-corrected chi connectivity index (χ0v) is 10.3. The van der Waals surface area contributed by atoms with Crippen molar-refractivity contribution in [2.24, 2.45) is 0 Å². The van der Waals surface area contributed by atoms with E-state index in [1.807, 2.05) is 20.8 Å². The van der Waals surface area contributed by atoms with Gasteiger partial charge in [0, 0.05) is 13.5 Å². The van der Waals surface area contributed by atoms with E-state index in [0.717, 1.165) is 24.0 Å². The first kappa shape index (κ1) is 12.3. The molecular weight excluding hydrogens is 188 g/mol. The first-order valence-corrected chi connectivity index (χ1v) is 5.40. The van der Waals surface area contributed by atoms with Gasteiger partial charge in [0.25, 0.3) is 0 Å². The van der Waals surface area contributed by atoms with Crippen molar-refractivity contribution in [3.05, 3.63) is 11.1 Å². The fraction of sp³-hybridized carbons (Fsp3) is 0.692. The van der Waals surface area contributed by atoms with Crippen molar-refractivity contribution in [3.63, 3.8) is 0 Å². The molecule has 2 nitrogen and oxygen atoms in total. The lowest BCUT2D eigenvalue weighted by molar-refractivity contribution is -0.111. The van der Waals surface area contributed by atoms with E-state index in [9.17, 15) is 5.11 Å². The summed E-state index contributed by atoms with van der Waals surface area (Å²) in [6.07, 6.45) is 1.82. The van der Waals surface area contributed by atoms with Gasteiger partial charge in [0.15, 0.2) is 5.60 Å². The summed E-state index contributed by atoms with van der Waals surface area (Å²) < 4.78 is 5.39. The van der Waals surface area contributed by atoms with Crippen molar-refractivity contribution < 1.29 is 9.84 Å². The Hall–Kier alpha value is -0.780. The molecule has 0 aliphatic heterocycles. The third-order valence-corrected chi connectivity index (χ3v) is 3.56. The van der Waals surface area contributed by atoms with Crippen molar-refractivity contribution in [2.75, 3.05) is 7.11 Å². The number of unbranched alkanes of at least 4 members (excludes halogenated alkanes) is 1. The van der Waals surface area contributed by atoms with Crippen LogP contribution >= 0.6 is 0 Å². The molecule has 0 heterocycles. The van der Waals surface area contributed by atoms with E-state index in [1.165, 1.54) is 0 Å². The molecular formula is C13H20O2. The average Bonchev–Trinajstić information content (AvgIpc) is 2.26. The molecule has 0 unspecified atom stereocenters. The Bertz CT molecular complexity index is 345. The molecule has 1 aliphatic carbocycles. The monoisotopic (exact) mass is 208 g/mol. The molecule has 0 spiro atoms. The Kier molecular flexibility index (Phi) is 3.28. The Labute approximate surface area is 92.3 Å². The van der Waals surface area contributed by atoms with Crippen LogP contribution in [-0.2, 0) is 4.74 Å². The number of methoxy groups -OCH3 is 1. The van der Waals surface area contributed by atoms with Gasteiger partial charge in [0.2, 0.25) is 0 Å². The minimum Gasteiger partial charge on any atom is -0.371 e. The van der Waals surface area contributed by atoms with E-state index in [1.54, 1.807) is 7.11 Å². The maximum absolute atomic E-state index is 10.4. The van der Waals surface area contributed by atoms with Crippen LogP contribution in [0.3, 0.4) is 0 Å². The largest absolute Gasteiger partial charge is 0.371 e. The second-order valence-corrected chi connectivity index (χ2v) is 4.25. The maximum atomic E-state index is 10.4. The molecule has 0 amide bonds. The molecule has 15 heavy (non-hydrogen) atoms. The lowest BCUT2D eigenvalue weighted by atomic mass is 9.62. The van der Waals surface area contributed by atoms with Gasteiger partial charge in [0.1, 0.15) is 5.60 Å². The highest BCUT2D eigenvalue weighted by Crippen LogP contribution is 2.48. The summed E-state index contributed by atoms with van der Waals surface area (Å²) >= 11 is 0. The number of ether oxygens (including phenoxy) is 1. The molecule has 0 aromatic heterocycles. The molecule has 2 atom stereocenters. The summed E-state index contributed by atoms with van der Waals surface area (Å²) in [7, 11) is 1.61. The van der Waals surface area contributed by atoms with E-state index in [4.69, 9.17) is 4.74 Å². The summed E-state index contributed by atoms with van der Waals surface area (Å²) in [5, 5.41) is 10.4. The Morgan fingerprint density at radius 1 is 1.33 bits per heavy atom. The minimum absolute atomic E-state index is 0.641. The zero-order chi connectivity index (χ0) is 11.7. The van der Waals surface area contributed by atoms with Crippen LogP contribution in [0, 0.1) is 11.8 Å². The van der Waals surface area contributed by atoms with Gasteiger partial charge in [-0.25, -0.2) is 0 Å². The Morgan fingerprint density at radius 3 is 2.40 bits per heavy atom. The van der Waals surface area contributed by atoms with Crippen LogP contribution < -0.4 is 0 Å². The summed E-state index contributed by atoms with van der Waals surface area (Å²) in [6.45, 7) is 7.85. The third kappa shape index (κ3) is 1.51. The summed E-state index contributed by atoms with van der Waals surface area (Å²) in [5.74, 6) is 5.94. The predicted molar refractivity (Wildman–Crippen MR) is 61.4 cm³/mol. The van der Waals surface area contributed by atoms with Crippen molar-refractivity contribution >= 4 is 0 Å².